The first-order valence-corrected chi connectivity index (χ1v) is 8.35. The Hall–Kier alpha value is -3.38. The van der Waals surface area contributed by atoms with Crippen molar-refractivity contribution in [1.82, 2.24) is 4.57 Å². The van der Waals surface area contributed by atoms with E-state index in [0.717, 1.165) is 17.8 Å². The molecule has 0 N–H and O–H groups in total. The van der Waals surface area contributed by atoms with Gasteiger partial charge in [-0.3, -0.25) is 4.99 Å². The number of aromatic nitrogens is 1. The lowest BCUT2D eigenvalue weighted by molar-refractivity contribution is 0.827. The summed E-state index contributed by atoms with van der Waals surface area (Å²) < 4.78 is 2.34. The third kappa shape index (κ3) is 2.68. The van der Waals surface area contributed by atoms with Crippen LogP contribution in [0.5, 0.6) is 0 Å². The number of nitriles is 1. The Morgan fingerprint density at radius 1 is 0.960 bits per heavy atom. The molecule has 0 atom stereocenters. The quantitative estimate of drug-likeness (QED) is 0.463. The average Bonchev–Trinajstić information content (AvgIpc) is 2.99. The number of aliphatic imine (C=N–C) groups is 1. The van der Waals surface area contributed by atoms with Crippen molar-refractivity contribution in [2.45, 2.75) is 13.5 Å². The van der Waals surface area contributed by atoms with Gasteiger partial charge in [0.2, 0.25) is 0 Å². The molecule has 25 heavy (non-hydrogen) atoms. The van der Waals surface area contributed by atoms with Crippen molar-refractivity contribution in [1.29, 1.82) is 5.26 Å². The van der Waals surface area contributed by atoms with E-state index in [-0.39, 0.29) is 0 Å². The molecule has 0 aliphatic rings. The van der Waals surface area contributed by atoms with Crippen LogP contribution < -0.4 is 0 Å². The summed E-state index contributed by atoms with van der Waals surface area (Å²) in [6.45, 7) is 3.11. The van der Waals surface area contributed by atoms with Gasteiger partial charge in [0.1, 0.15) is 0 Å². The summed E-state index contributed by atoms with van der Waals surface area (Å²) in [4.78, 5) is 4.52. The minimum Gasteiger partial charge on any atom is -0.341 e. The lowest BCUT2D eigenvalue weighted by atomic mass is 10.1. The molecular formula is C22H17N3. The minimum atomic E-state index is 0.621. The largest absolute Gasteiger partial charge is 0.341 e. The van der Waals surface area contributed by atoms with Crippen molar-refractivity contribution in [2.24, 2.45) is 4.99 Å². The van der Waals surface area contributed by atoms with Crippen LogP contribution in [0.4, 0.5) is 5.69 Å². The highest BCUT2D eigenvalue weighted by atomic mass is 15.0. The SMILES string of the molecule is CCn1c2ccccc2c2cc(C=Nc3cccc(C#N)c3)ccc21. The molecule has 120 valence electrons. The standard InChI is InChI=1S/C22H17N3/c1-2-25-21-9-4-3-8-19(21)20-13-17(10-11-22(20)25)15-24-18-7-5-6-16(12-18)14-23/h3-13,15H,2H2,1H3. The number of rotatable bonds is 3. The van der Waals surface area contributed by atoms with Crippen molar-refractivity contribution < 1.29 is 0 Å². The van der Waals surface area contributed by atoms with Gasteiger partial charge >= 0.3 is 0 Å². The Balaban J connectivity index is 1.80. The molecule has 1 aromatic heterocycles. The van der Waals surface area contributed by atoms with E-state index in [2.05, 4.69) is 65.0 Å². The topological polar surface area (TPSA) is 41.1 Å². The highest BCUT2D eigenvalue weighted by Gasteiger charge is 2.08. The van der Waals surface area contributed by atoms with E-state index in [0.29, 0.717) is 5.56 Å². The highest BCUT2D eigenvalue weighted by molar-refractivity contribution is 6.09. The summed E-state index contributed by atoms with van der Waals surface area (Å²) in [5.41, 5.74) is 4.96. The number of para-hydroxylation sites is 1. The van der Waals surface area contributed by atoms with Gasteiger partial charge in [-0.15, -0.1) is 0 Å². The third-order valence-corrected chi connectivity index (χ3v) is 4.45. The molecule has 0 aliphatic heterocycles. The summed E-state index contributed by atoms with van der Waals surface area (Å²) >= 11 is 0. The van der Waals surface area contributed by atoms with Gasteiger partial charge in [-0.05, 0) is 48.9 Å². The minimum absolute atomic E-state index is 0.621. The summed E-state index contributed by atoms with van der Waals surface area (Å²) in [5, 5.41) is 11.5. The van der Waals surface area contributed by atoms with E-state index >= 15 is 0 Å². The smallest absolute Gasteiger partial charge is 0.0992 e. The van der Waals surface area contributed by atoms with Gasteiger partial charge in [-0.25, -0.2) is 0 Å². The molecule has 0 bridgehead atoms. The predicted molar refractivity (Wildman–Crippen MR) is 104 cm³/mol. The molecule has 3 nitrogen and oxygen atoms in total. The molecule has 0 aliphatic carbocycles. The number of fused-ring (bicyclic) bond motifs is 3. The van der Waals surface area contributed by atoms with E-state index in [1.165, 1.54) is 21.8 Å². The molecule has 0 fully saturated rings. The normalized spacial score (nSPS) is 11.4. The summed E-state index contributed by atoms with van der Waals surface area (Å²) in [7, 11) is 0. The number of aryl methyl sites for hydroxylation is 1. The van der Waals surface area contributed by atoms with Gasteiger partial charge in [0.25, 0.3) is 0 Å². The van der Waals surface area contributed by atoms with Crippen molar-refractivity contribution in [3.8, 4) is 6.07 Å². The maximum absolute atomic E-state index is 8.99. The number of hydrogen-bond acceptors (Lipinski definition) is 2. The Morgan fingerprint density at radius 3 is 2.64 bits per heavy atom. The zero-order valence-corrected chi connectivity index (χ0v) is 14.0. The Morgan fingerprint density at radius 2 is 1.80 bits per heavy atom. The fourth-order valence-electron chi connectivity index (χ4n) is 3.30. The van der Waals surface area contributed by atoms with Crippen LogP contribution in [0.2, 0.25) is 0 Å². The maximum atomic E-state index is 8.99. The van der Waals surface area contributed by atoms with Crippen LogP contribution in [0.3, 0.4) is 0 Å². The number of nitrogens with zero attached hydrogens (tertiary/aromatic N) is 3. The predicted octanol–water partition coefficient (Wildman–Crippen LogP) is 5.44. The molecule has 1 heterocycles. The second-order valence-corrected chi connectivity index (χ2v) is 5.96. The van der Waals surface area contributed by atoms with Gasteiger partial charge in [0.05, 0.1) is 17.3 Å². The molecule has 0 amide bonds. The molecule has 0 saturated heterocycles. The molecule has 3 heteroatoms. The Labute approximate surface area is 146 Å². The van der Waals surface area contributed by atoms with Crippen molar-refractivity contribution in [3.05, 3.63) is 77.9 Å². The Bertz CT molecular complexity index is 1140. The maximum Gasteiger partial charge on any atom is 0.0992 e. The zero-order valence-electron chi connectivity index (χ0n) is 14.0. The van der Waals surface area contributed by atoms with Gasteiger partial charge in [-0.1, -0.05) is 30.3 Å². The molecule has 0 radical (unpaired) electrons. The van der Waals surface area contributed by atoms with E-state index in [1.807, 2.05) is 18.3 Å². The molecular weight excluding hydrogens is 306 g/mol. The molecule has 0 unspecified atom stereocenters. The molecule has 4 aromatic rings. The lowest BCUT2D eigenvalue weighted by Crippen LogP contribution is -1.92. The van der Waals surface area contributed by atoms with Gasteiger partial charge in [-0.2, -0.15) is 5.26 Å². The summed E-state index contributed by atoms with van der Waals surface area (Å²) in [5.74, 6) is 0. The van der Waals surface area contributed by atoms with Crippen LogP contribution >= 0.6 is 0 Å². The van der Waals surface area contributed by atoms with Crippen LogP contribution in [0, 0.1) is 11.3 Å². The van der Waals surface area contributed by atoms with Crippen molar-refractivity contribution >= 4 is 33.7 Å². The van der Waals surface area contributed by atoms with Crippen LogP contribution in [-0.4, -0.2) is 10.8 Å². The Kier molecular flexibility index (Phi) is 3.80. The van der Waals surface area contributed by atoms with Gasteiger partial charge in [0, 0.05) is 34.6 Å². The molecule has 4 rings (SSSR count). The monoisotopic (exact) mass is 323 g/mol. The fraction of sp³-hybridized carbons (Fsp3) is 0.0909. The van der Waals surface area contributed by atoms with E-state index < -0.39 is 0 Å². The number of benzene rings is 3. The summed E-state index contributed by atoms with van der Waals surface area (Å²) in [6.07, 6.45) is 1.86. The third-order valence-electron chi connectivity index (χ3n) is 4.45. The first-order chi connectivity index (χ1) is 12.3. The van der Waals surface area contributed by atoms with Crippen LogP contribution in [0.15, 0.2) is 71.7 Å². The van der Waals surface area contributed by atoms with Crippen LogP contribution in [0.25, 0.3) is 21.8 Å². The van der Waals surface area contributed by atoms with Crippen LogP contribution in [0.1, 0.15) is 18.1 Å². The second-order valence-electron chi connectivity index (χ2n) is 5.96. The lowest BCUT2D eigenvalue weighted by Gasteiger charge is -2.02. The van der Waals surface area contributed by atoms with Crippen molar-refractivity contribution in [2.75, 3.05) is 0 Å². The zero-order chi connectivity index (χ0) is 17.2. The summed E-state index contributed by atoms with van der Waals surface area (Å²) in [6, 6.07) is 24.4. The number of hydrogen-bond donors (Lipinski definition) is 0. The van der Waals surface area contributed by atoms with E-state index in [1.54, 1.807) is 12.1 Å². The van der Waals surface area contributed by atoms with Gasteiger partial charge < -0.3 is 4.57 Å². The first-order valence-electron chi connectivity index (χ1n) is 8.35. The van der Waals surface area contributed by atoms with Gasteiger partial charge in [0.15, 0.2) is 0 Å². The van der Waals surface area contributed by atoms with Crippen LogP contribution in [-0.2, 0) is 6.54 Å². The van der Waals surface area contributed by atoms with E-state index in [4.69, 9.17) is 5.26 Å². The van der Waals surface area contributed by atoms with Crippen molar-refractivity contribution in [3.63, 3.8) is 0 Å². The molecule has 0 spiro atoms. The fourth-order valence-corrected chi connectivity index (χ4v) is 3.30. The average molecular weight is 323 g/mol. The second kappa shape index (κ2) is 6.26. The molecule has 0 saturated carbocycles. The highest BCUT2D eigenvalue weighted by Crippen LogP contribution is 2.29. The van der Waals surface area contributed by atoms with E-state index in [9.17, 15) is 0 Å². The molecule has 3 aromatic carbocycles. The first kappa shape index (κ1) is 15.2.